The Balaban J connectivity index is 2.17. The maximum Gasteiger partial charge on any atom is 0.340 e. The van der Waals surface area contributed by atoms with Crippen LogP contribution in [0.15, 0.2) is 59.5 Å². The zero-order valence-electron chi connectivity index (χ0n) is 13.9. The summed E-state index contributed by atoms with van der Waals surface area (Å²) in [4.78, 5) is 25.2. The molecule has 0 atom stereocenters. The van der Waals surface area contributed by atoms with Crippen molar-refractivity contribution in [3.05, 3.63) is 76.5 Å². The number of carbonyl (C=O) groups excluding carboxylic acids is 1. The van der Waals surface area contributed by atoms with E-state index in [2.05, 4.69) is 0 Å². The lowest BCUT2D eigenvalue weighted by molar-refractivity contribution is 0.0501. The molecule has 0 spiro atoms. The molecule has 0 aliphatic rings. The fraction of sp³-hybridized carbons (Fsp3) is 0.200. The molecule has 4 nitrogen and oxygen atoms in total. The largest absolute Gasteiger partial charge is 0.462 e. The van der Waals surface area contributed by atoms with Gasteiger partial charge in [-0.2, -0.15) is 0 Å². The van der Waals surface area contributed by atoms with E-state index in [9.17, 15) is 14.0 Å². The Morgan fingerprint density at radius 3 is 2.60 bits per heavy atom. The van der Waals surface area contributed by atoms with E-state index in [4.69, 9.17) is 4.74 Å². The average molecular weight is 339 g/mol. The number of halogens is 1. The third-order valence-corrected chi connectivity index (χ3v) is 3.96. The molecule has 0 unspecified atom stereocenters. The highest BCUT2D eigenvalue weighted by molar-refractivity contribution is 6.04. The van der Waals surface area contributed by atoms with Gasteiger partial charge in [0.25, 0.3) is 5.56 Å². The van der Waals surface area contributed by atoms with Crippen LogP contribution in [0.5, 0.6) is 0 Å². The predicted molar refractivity (Wildman–Crippen MR) is 94.7 cm³/mol. The predicted octanol–water partition coefficient (Wildman–Crippen LogP) is 4.09. The number of hydrogen-bond acceptors (Lipinski definition) is 3. The van der Waals surface area contributed by atoms with Crippen LogP contribution in [0, 0.1) is 5.82 Å². The topological polar surface area (TPSA) is 48.3 Å². The molecule has 2 aromatic carbocycles. The minimum atomic E-state index is -0.491. The summed E-state index contributed by atoms with van der Waals surface area (Å²) >= 11 is 0. The Kier molecular flexibility index (Phi) is 4.93. The van der Waals surface area contributed by atoms with Crippen LogP contribution in [0.1, 0.15) is 30.1 Å². The summed E-state index contributed by atoms with van der Waals surface area (Å²) in [5, 5.41) is 0.915. The van der Waals surface area contributed by atoms with E-state index in [0.29, 0.717) is 23.1 Å². The molecular weight excluding hydrogens is 321 g/mol. The summed E-state index contributed by atoms with van der Waals surface area (Å²) in [5.74, 6) is -0.945. The number of pyridine rings is 1. The normalized spacial score (nSPS) is 10.8. The number of hydrogen-bond donors (Lipinski definition) is 0. The molecule has 0 aliphatic heterocycles. The number of unbranched alkanes of at least 4 members (excludes halogenated alkanes) is 1. The van der Waals surface area contributed by atoms with Crippen molar-refractivity contribution in [3.63, 3.8) is 0 Å². The standard InChI is InChI=1S/C20H18FNO3/c1-2-3-11-25-20(24)18-13-22(15-8-6-7-14(21)12-15)19(23)17-10-5-4-9-16(17)18/h4-10,12-13H,2-3,11H2,1H3. The first-order valence-corrected chi connectivity index (χ1v) is 8.19. The third-order valence-electron chi connectivity index (χ3n) is 3.96. The van der Waals surface area contributed by atoms with E-state index in [1.165, 1.54) is 29.0 Å². The lowest BCUT2D eigenvalue weighted by Gasteiger charge is -2.12. The number of aromatic nitrogens is 1. The molecule has 0 saturated carbocycles. The van der Waals surface area contributed by atoms with E-state index in [-0.39, 0.29) is 11.1 Å². The molecule has 0 radical (unpaired) electrons. The first kappa shape index (κ1) is 16.9. The molecule has 1 aromatic heterocycles. The zero-order valence-corrected chi connectivity index (χ0v) is 13.9. The summed E-state index contributed by atoms with van der Waals surface area (Å²) in [6.45, 7) is 2.33. The summed E-state index contributed by atoms with van der Waals surface area (Å²) < 4.78 is 20.1. The van der Waals surface area contributed by atoms with Crippen molar-refractivity contribution >= 4 is 16.7 Å². The molecule has 0 fully saturated rings. The van der Waals surface area contributed by atoms with Crippen molar-refractivity contribution in [2.45, 2.75) is 19.8 Å². The van der Waals surface area contributed by atoms with Gasteiger partial charge in [0.15, 0.2) is 0 Å². The molecular formula is C20H18FNO3. The second-order valence-corrected chi connectivity index (χ2v) is 5.73. The smallest absolute Gasteiger partial charge is 0.340 e. The minimum absolute atomic E-state index is 0.288. The molecule has 3 rings (SSSR count). The van der Waals surface area contributed by atoms with Crippen molar-refractivity contribution in [1.29, 1.82) is 0 Å². The number of ether oxygens (including phenoxy) is 1. The van der Waals surface area contributed by atoms with Gasteiger partial charge in [-0.3, -0.25) is 9.36 Å². The molecule has 0 bridgehead atoms. The van der Waals surface area contributed by atoms with Gasteiger partial charge in [-0.15, -0.1) is 0 Å². The summed E-state index contributed by atoms with van der Waals surface area (Å²) in [7, 11) is 0. The second-order valence-electron chi connectivity index (χ2n) is 5.73. The van der Waals surface area contributed by atoms with Crippen LogP contribution < -0.4 is 5.56 Å². The molecule has 0 amide bonds. The number of carbonyl (C=O) groups is 1. The van der Waals surface area contributed by atoms with Gasteiger partial charge in [0.1, 0.15) is 5.82 Å². The lowest BCUT2D eigenvalue weighted by atomic mass is 10.1. The zero-order chi connectivity index (χ0) is 17.8. The lowest BCUT2D eigenvalue weighted by Crippen LogP contribution is -2.21. The maximum absolute atomic E-state index is 13.6. The molecule has 0 N–H and O–H groups in total. The summed E-state index contributed by atoms with van der Waals surface area (Å²) in [6.07, 6.45) is 3.11. The van der Waals surface area contributed by atoms with Gasteiger partial charge in [0, 0.05) is 17.0 Å². The molecule has 0 saturated heterocycles. The summed E-state index contributed by atoms with van der Waals surface area (Å²) in [6, 6.07) is 12.5. The van der Waals surface area contributed by atoms with Crippen LogP contribution in [0.2, 0.25) is 0 Å². The van der Waals surface area contributed by atoms with Gasteiger partial charge >= 0.3 is 5.97 Å². The van der Waals surface area contributed by atoms with Crippen LogP contribution in [-0.4, -0.2) is 17.1 Å². The van der Waals surface area contributed by atoms with Crippen LogP contribution in [-0.2, 0) is 4.74 Å². The van der Waals surface area contributed by atoms with Crippen LogP contribution in [0.25, 0.3) is 16.5 Å². The minimum Gasteiger partial charge on any atom is -0.462 e. The van der Waals surface area contributed by atoms with E-state index in [1.807, 2.05) is 6.92 Å². The Bertz CT molecular complexity index is 978. The first-order valence-electron chi connectivity index (χ1n) is 8.19. The highest BCUT2D eigenvalue weighted by atomic mass is 19.1. The van der Waals surface area contributed by atoms with Gasteiger partial charge in [-0.25, -0.2) is 9.18 Å². The van der Waals surface area contributed by atoms with Gasteiger partial charge in [0.05, 0.1) is 17.9 Å². The SMILES string of the molecule is CCCCOC(=O)c1cn(-c2cccc(F)c2)c(=O)c2ccccc12. The fourth-order valence-corrected chi connectivity index (χ4v) is 2.66. The first-order chi connectivity index (χ1) is 12.1. The second kappa shape index (κ2) is 7.30. The highest BCUT2D eigenvalue weighted by Crippen LogP contribution is 2.19. The van der Waals surface area contributed by atoms with Crippen LogP contribution in [0.4, 0.5) is 4.39 Å². The number of fused-ring (bicyclic) bond motifs is 1. The Hall–Kier alpha value is -2.95. The van der Waals surface area contributed by atoms with Gasteiger partial charge in [-0.1, -0.05) is 37.6 Å². The van der Waals surface area contributed by atoms with E-state index < -0.39 is 11.8 Å². The quantitative estimate of drug-likeness (QED) is 0.520. The summed E-state index contributed by atoms with van der Waals surface area (Å²) in [5.41, 5.74) is 0.334. The highest BCUT2D eigenvalue weighted by Gasteiger charge is 2.16. The monoisotopic (exact) mass is 339 g/mol. The number of rotatable bonds is 5. The number of nitrogens with zero attached hydrogens (tertiary/aromatic N) is 1. The molecule has 3 aromatic rings. The molecule has 1 heterocycles. The number of benzene rings is 2. The average Bonchev–Trinajstić information content (AvgIpc) is 2.62. The van der Waals surface area contributed by atoms with E-state index >= 15 is 0 Å². The van der Waals surface area contributed by atoms with Crippen LogP contribution >= 0.6 is 0 Å². The van der Waals surface area contributed by atoms with Gasteiger partial charge < -0.3 is 4.74 Å². The Morgan fingerprint density at radius 2 is 1.88 bits per heavy atom. The Labute approximate surface area is 144 Å². The van der Waals surface area contributed by atoms with Gasteiger partial charge in [-0.05, 0) is 30.7 Å². The van der Waals surface area contributed by atoms with Crippen molar-refractivity contribution in [2.24, 2.45) is 0 Å². The third kappa shape index (κ3) is 3.45. The van der Waals surface area contributed by atoms with Gasteiger partial charge in [0.2, 0.25) is 0 Å². The number of esters is 1. The molecule has 128 valence electrons. The van der Waals surface area contributed by atoms with Crippen molar-refractivity contribution in [1.82, 2.24) is 4.57 Å². The van der Waals surface area contributed by atoms with E-state index in [0.717, 1.165) is 12.8 Å². The molecule has 0 aliphatic carbocycles. The van der Waals surface area contributed by atoms with Crippen LogP contribution in [0.3, 0.4) is 0 Å². The van der Waals surface area contributed by atoms with Crippen molar-refractivity contribution in [3.8, 4) is 5.69 Å². The maximum atomic E-state index is 13.6. The van der Waals surface area contributed by atoms with Crippen molar-refractivity contribution < 1.29 is 13.9 Å². The molecule has 25 heavy (non-hydrogen) atoms. The van der Waals surface area contributed by atoms with E-state index in [1.54, 1.807) is 30.3 Å². The Morgan fingerprint density at radius 1 is 1.12 bits per heavy atom. The van der Waals surface area contributed by atoms with Crippen molar-refractivity contribution in [2.75, 3.05) is 6.61 Å². The molecule has 5 heteroatoms. The fourth-order valence-electron chi connectivity index (χ4n) is 2.66.